The highest BCUT2D eigenvalue weighted by Crippen LogP contribution is 2.26. The highest BCUT2D eigenvalue weighted by Gasteiger charge is 2.35. The molecule has 0 bridgehead atoms. The van der Waals surface area contributed by atoms with E-state index in [1.165, 1.54) is 16.2 Å². The first-order valence-electron chi connectivity index (χ1n) is 7.15. The standard InChI is InChI=1S/C16H16N2O3S/c1-2-14-17-8-13(22-14)15(19)18-9-11-6-4-3-5-10(11)7-12(18)16(20)21/h3-6,8,12H,2,7,9H2,1H3,(H,20,21)/t12-/m1/s1. The highest BCUT2D eigenvalue weighted by atomic mass is 32.1. The van der Waals surface area contributed by atoms with Crippen LogP contribution in [0.25, 0.3) is 0 Å². The van der Waals surface area contributed by atoms with Crippen LogP contribution in [0.5, 0.6) is 0 Å². The molecule has 1 N–H and O–H groups in total. The molecular formula is C16H16N2O3S. The van der Waals surface area contributed by atoms with Crippen molar-refractivity contribution >= 4 is 23.2 Å². The number of hydrogen-bond donors (Lipinski definition) is 1. The molecule has 1 amide bonds. The van der Waals surface area contributed by atoms with Crippen molar-refractivity contribution in [2.24, 2.45) is 0 Å². The van der Waals surface area contributed by atoms with Gasteiger partial charge in [0, 0.05) is 13.0 Å². The predicted octanol–water partition coefficient (Wildman–Crippen LogP) is 2.36. The second kappa shape index (κ2) is 5.88. The molecule has 0 fully saturated rings. The number of carboxylic acid groups (broad SMARTS) is 1. The van der Waals surface area contributed by atoms with E-state index in [0.29, 0.717) is 17.8 Å². The van der Waals surface area contributed by atoms with Crippen LogP contribution in [0.2, 0.25) is 0 Å². The predicted molar refractivity (Wildman–Crippen MR) is 82.9 cm³/mol. The average Bonchev–Trinajstić information content (AvgIpc) is 3.02. The summed E-state index contributed by atoms with van der Waals surface area (Å²) in [6.45, 7) is 2.30. The lowest BCUT2D eigenvalue weighted by atomic mass is 9.94. The van der Waals surface area contributed by atoms with Crippen molar-refractivity contribution < 1.29 is 14.7 Å². The lowest BCUT2D eigenvalue weighted by molar-refractivity contribution is -0.142. The van der Waals surface area contributed by atoms with Gasteiger partial charge in [-0.25, -0.2) is 9.78 Å². The van der Waals surface area contributed by atoms with Gasteiger partial charge < -0.3 is 10.0 Å². The van der Waals surface area contributed by atoms with E-state index in [-0.39, 0.29) is 5.91 Å². The summed E-state index contributed by atoms with van der Waals surface area (Å²) in [5.41, 5.74) is 2.01. The molecule has 2 aromatic rings. The van der Waals surface area contributed by atoms with E-state index in [1.807, 2.05) is 31.2 Å². The number of rotatable bonds is 3. The summed E-state index contributed by atoms with van der Waals surface area (Å²) >= 11 is 1.33. The van der Waals surface area contributed by atoms with E-state index in [0.717, 1.165) is 22.6 Å². The van der Waals surface area contributed by atoms with Crippen molar-refractivity contribution in [3.63, 3.8) is 0 Å². The minimum Gasteiger partial charge on any atom is -0.480 e. The Hall–Kier alpha value is -2.21. The molecule has 22 heavy (non-hydrogen) atoms. The largest absolute Gasteiger partial charge is 0.480 e. The molecule has 0 spiro atoms. The van der Waals surface area contributed by atoms with Crippen molar-refractivity contribution in [3.05, 3.63) is 51.5 Å². The molecule has 0 saturated carbocycles. The lowest BCUT2D eigenvalue weighted by Crippen LogP contribution is -2.48. The fourth-order valence-electron chi connectivity index (χ4n) is 2.67. The summed E-state index contributed by atoms with van der Waals surface area (Å²) in [5, 5.41) is 10.4. The maximum absolute atomic E-state index is 12.7. The van der Waals surface area contributed by atoms with E-state index in [2.05, 4.69) is 4.98 Å². The number of aromatic nitrogens is 1. The second-order valence-corrected chi connectivity index (χ2v) is 6.35. The van der Waals surface area contributed by atoms with E-state index >= 15 is 0 Å². The molecule has 114 valence electrons. The van der Waals surface area contributed by atoms with Gasteiger partial charge in [-0.05, 0) is 17.5 Å². The molecule has 6 heteroatoms. The molecule has 1 aliphatic rings. The summed E-state index contributed by atoms with van der Waals surface area (Å²) in [5.74, 6) is -1.22. The fraction of sp³-hybridized carbons (Fsp3) is 0.312. The summed E-state index contributed by atoms with van der Waals surface area (Å²) in [6, 6.07) is 6.85. The van der Waals surface area contributed by atoms with Gasteiger partial charge in [-0.1, -0.05) is 31.2 Å². The van der Waals surface area contributed by atoms with Crippen LogP contribution in [-0.4, -0.2) is 32.9 Å². The van der Waals surface area contributed by atoms with Crippen LogP contribution in [0.4, 0.5) is 0 Å². The highest BCUT2D eigenvalue weighted by molar-refractivity contribution is 7.13. The smallest absolute Gasteiger partial charge is 0.326 e. The van der Waals surface area contributed by atoms with Gasteiger partial charge in [-0.2, -0.15) is 0 Å². The fourth-order valence-corrected chi connectivity index (χ4v) is 3.48. The summed E-state index contributed by atoms with van der Waals surface area (Å²) < 4.78 is 0. The molecular weight excluding hydrogens is 300 g/mol. The Kier molecular flexibility index (Phi) is 3.94. The number of nitrogens with zero attached hydrogens (tertiary/aromatic N) is 2. The van der Waals surface area contributed by atoms with Crippen LogP contribution in [0.1, 0.15) is 32.7 Å². The summed E-state index contributed by atoms with van der Waals surface area (Å²) in [7, 11) is 0. The van der Waals surface area contributed by atoms with Crippen molar-refractivity contribution in [1.82, 2.24) is 9.88 Å². The first-order chi connectivity index (χ1) is 10.6. The number of carbonyl (C=O) groups is 2. The molecule has 3 rings (SSSR count). The maximum Gasteiger partial charge on any atom is 0.326 e. The first kappa shape index (κ1) is 14.7. The van der Waals surface area contributed by atoms with E-state index in [4.69, 9.17) is 0 Å². The molecule has 1 atom stereocenters. The Morgan fingerprint density at radius 2 is 2.09 bits per heavy atom. The number of carboxylic acids is 1. The SMILES string of the molecule is CCc1ncc(C(=O)N2Cc3ccccc3C[C@@H]2C(=O)O)s1. The third-order valence-electron chi connectivity index (χ3n) is 3.86. The van der Waals surface area contributed by atoms with Crippen LogP contribution in [0.15, 0.2) is 30.5 Å². The Labute approximate surface area is 132 Å². The van der Waals surface area contributed by atoms with Crippen molar-refractivity contribution in [1.29, 1.82) is 0 Å². The van der Waals surface area contributed by atoms with Gasteiger partial charge in [-0.15, -0.1) is 11.3 Å². The number of carbonyl (C=O) groups excluding carboxylic acids is 1. The molecule has 0 aliphatic carbocycles. The van der Waals surface area contributed by atoms with Crippen LogP contribution in [0.3, 0.4) is 0 Å². The van der Waals surface area contributed by atoms with Crippen LogP contribution in [0, 0.1) is 0 Å². The molecule has 2 heterocycles. The van der Waals surface area contributed by atoms with Crippen molar-refractivity contribution in [3.8, 4) is 0 Å². The molecule has 5 nitrogen and oxygen atoms in total. The van der Waals surface area contributed by atoms with E-state index in [1.54, 1.807) is 6.20 Å². The lowest BCUT2D eigenvalue weighted by Gasteiger charge is -2.34. The van der Waals surface area contributed by atoms with Gasteiger partial charge >= 0.3 is 5.97 Å². The summed E-state index contributed by atoms with van der Waals surface area (Å²) in [6.07, 6.45) is 2.66. The molecule has 1 aromatic carbocycles. The average molecular weight is 316 g/mol. The molecule has 1 aromatic heterocycles. The van der Waals surface area contributed by atoms with Crippen LogP contribution in [-0.2, 0) is 24.2 Å². The van der Waals surface area contributed by atoms with Gasteiger partial charge in [0.1, 0.15) is 10.9 Å². The Morgan fingerprint density at radius 1 is 1.36 bits per heavy atom. The number of hydrogen-bond acceptors (Lipinski definition) is 4. The third-order valence-corrected chi connectivity index (χ3v) is 4.99. The van der Waals surface area contributed by atoms with Gasteiger partial charge in [0.15, 0.2) is 0 Å². The Bertz CT molecular complexity index is 726. The van der Waals surface area contributed by atoms with Crippen molar-refractivity contribution in [2.45, 2.75) is 32.4 Å². The van der Waals surface area contributed by atoms with E-state index < -0.39 is 12.0 Å². The van der Waals surface area contributed by atoms with E-state index in [9.17, 15) is 14.7 Å². The van der Waals surface area contributed by atoms with Gasteiger partial charge in [0.25, 0.3) is 5.91 Å². The van der Waals surface area contributed by atoms with Crippen molar-refractivity contribution in [2.75, 3.05) is 0 Å². The number of benzene rings is 1. The van der Waals surface area contributed by atoms with Gasteiger partial charge in [-0.3, -0.25) is 4.79 Å². The van der Waals surface area contributed by atoms with Crippen LogP contribution < -0.4 is 0 Å². The Morgan fingerprint density at radius 3 is 2.73 bits per heavy atom. The number of fused-ring (bicyclic) bond motifs is 1. The molecule has 0 unspecified atom stereocenters. The Balaban J connectivity index is 1.93. The second-order valence-electron chi connectivity index (χ2n) is 5.23. The first-order valence-corrected chi connectivity index (χ1v) is 7.97. The van der Waals surface area contributed by atoms with Gasteiger partial charge in [0.05, 0.1) is 11.2 Å². The minimum absolute atomic E-state index is 0.251. The number of amides is 1. The summed E-state index contributed by atoms with van der Waals surface area (Å²) in [4.78, 5) is 30.4. The zero-order valence-electron chi connectivity index (χ0n) is 12.2. The molecule has 0 radical (unpaired) electrons. The number of aryl methyl sites for hydroxylation is 1. The zero-order chi connectivity index (χ0) is 15.7. The third kappa shape index (κ3) is 2.62. The topological polar surface area (TPSA) is 70.5 Å². The van der Waals surface area contributed by atoms with Crippen LogP contribution >= 0.6 is 11.3 Å². The molecule has 1 aliphatic heterocycles. The van der Waals surface area contributed by atoms with Gasteiger partial charge in [0.2, 0.25) is 0 Å². The normalized spacial score (nSPS) is 17.1. The maximum atomic E-state index is 12.7. The quantitative estimate of drug-likeness (QED) is 0.943. The number of aliphatic carboxylic acids is 1. The molecule has 0 saturated heterocycles. The number of thiazole rings is 1. The zero-order valence-corrected chi connectivity index (χ0v) is 13.0. The minimum atomic E-state index is -0.969. The monoisotopic (exact) mass is 316 g/mol.